The summed E-state index contributed by atoms with van der Waals surface area (Å²) in [5, 5.41) is 0. The summed E-state index contributed by atoms with van der Waals surface area (Å²) in [6.45, 7) is 5.58. The second kappa shape index (κ2) is 5.49. The van der Waals surface area contributed by atoms with Crippen molar-refractivity contribution >= 4 is 11.9 Å². The predicted molar refractivity (Wildman–Crippen MR) is 63.6 cm³/mol. The van der Waals surface area contributed by atoms with Crippen molar-refractivity contribution in [2.75, 3.05) is 0 Å². The first-order chi connectivity index (χ1) is 7.83. The van der Waals surface area contributed by atoms with Crippen molar-refractivity contribution in [3.63, 3.8) is 0 Å². The third-order valence-corrected chi connectivity index (χ3v) is 2.98. The van der Waals surface area contributed by atoms with Crippen LogP contribution in [0.1, 0.15) is 46.5 Å². The Morgan fingerprint density at radius 1 is 1.12 bits per heavy atom. The fourth-order valence-corrected chi connectivity index (χ4v) is 2.09. The highest BCUT2D eigenvalue weighted by atomic mass is 16.6. The van der Waals surface area contributed by atoms with Crippen molar-refractivity contribution in [2.24, 2.45) is 17.7 Å². The maximum atomic E-state index is 11.8. The van der Waals surface area contributed by atoms with Gasteiger partial charge in [0.05, 0.1) is 5.92 Å². The van der Waals surface area contributed by atoms with Gasteiger partial charge in [0.1, 0.15) is 5.60 Å². The monoisotopic (exact) mass is 242 g/mol. The van der Waals surface area contributed by atoms with Crippen LogP contribution >= 0.6 is 0 Å². The van der Waals surface area contributed by atoms with Gasteiger partial charge < -0.3 is 4.74 Å². The Morgan fingerprint density at radius 3 is 2.00 bits per heavy atom. The molecule has 1 rings (SSSR count). The van der Waals surface area contributed by atoms with Crippen molar-refractivity contribution < 1.29 is 14.3 Å². The van der Waals surface area contributed by atoms with Crippen LogP contribution in [0.3, 0.4) is 0 Å². The maximum absolute atomic E-state index is 11.8. The zero-order valence-electron chi connectivity index (χ0n) is 10.8. The number of hydrogen-bond donors (Lipinski definition) is 2. The van der Waals surface area contributed by atoms with Gasteiger partial charge in [-0.1, -0.05) is 0 Å². The van der Waals surface area contributed by atoms with E-state index in [0.717, 1.165) is 0 Å². The molecule has 0 aromatic carbocycles. The van der Waals surface area contributed by atoms with E-state index in [9.17, 15) is 9.59 Å². The van der Waals surface area contributed by atoms with Crippen molar-refractivity contribution in [3.05, 3.63) is 0 Å². The number of hydrazine groups is 1. The van der Waals surface area contributed by atoms with Gasteiger partial charge in [0.15, 0.2) is 0 Å². The summed E-state index contributed by atoms with van der Waals surface area (Å²) in [4.78, 5) is 23.1. The van der Waals surface area contributed by atoms with Gasteiger partial charge in [-0.3, -0.25) is 15.0 Å². The number of carbonyl (C=O) groups is 2. The molecule has 0 heterocycles. The number of nitrogens with one attached hydrogen (secondary N) is 1. The summed E-state index contributed by atoms with van der Waals surface area (Å²) in [5.74, 6) is 4.68. The normalized spacial score (nSPS) is 25.2. The Balaban J connectivity index is 2.42. The van der Waals surface area contributed by atoms with Crippen LogP contribution in [0, 0.1) is 11.8 Å². The molecule has 17 heavy (non-hydrogen) atoms. The molecule has 1 aliphatic carbocycles. The third kappa shape index (κ3) is 4.34. The van der Waals surface area contributed by atoms with Gasteiger partial charge in [0.25, 0.3) is 0 Å². The molecule has 0 aromatic heterocycles. The van der Waals surface area contributed by atoms with Crippen molar-refractivity contribution in [1.29, 1.82) is 0 Å². The van der Waals surface area contributed by atoms with Crippen LogP contribution in [-0.4, -0.2) is 17.5 Å². The summed E-state index contributed by atoms with van der Waals surface area (Å²) >= 11 is 0. The number of ether oxygens (including phenoxy) is 1. The van der Waals surface area contributed by atoms with Crippen molar-refractivity contribution in [1.82, 2.24) is 5.43 Å². The van der Waals surface area contributed by atoms with Crippen LogP contribution in [0.4, 0.5) is 0 Å². The van der Waals surface area contributed by atoms with E-state index in [-0.39, 0.29) is 23.7 Å². The Bertz CT molecular complexity index is 289. The average molecular weight is 242 g/mol. The molecule has 5 nitrogen and oxygen atoms in total. The third-order valence-electron chi connectivity index (χ3n) is 2.98. The van der Waals surface area contributed by atoms with E-state index < -0.39 is 5.60 Å². The zero-order valence-corrected chi connectivity index (χ0v) is 10.8. The standard InChI is InChI=1S/C12H22N2O3/c1-12(2,3)17-11(16)9-6-4-8(5-7-9)10(15)14-13/h8-9H,4-7,13H2,1-3H3,(H,14,15). The molecule has 1 fully saturated rings. The van der Waals surface area contributed by atoms with Gasteiger partial charge in [-0.2, -0.15) is 0 Å². The highest BCUT2D eigenvalue weighted by molar-refractivity contribution is 5.79. The molecular weight excluding hydrogens is 220 g/mol. The van der Waals surface area contributed by atoms with Crippen LogP contribution < -0.4 is 11.3 Å². The number of amides is 1. The Hall–Kier alpha value is -1.10. The van der Waals surface area contributed by atoms with E-state index in [1.54, 1.807) is 0 Å². The summed E-state index contributed by atoms with van der Waals surface area (Å²) < 4.78 is 5.34. The summed E-state index contributed by atoms with van der Waals surface area (Å²) in [5.41, 5.74) is 1.72. The van der Waals surface area contributed by atoms with Crippen LogP contribution in [0.15, 0.2) is 0 Å². The van der Waals surface area contributed by atoms with E-state index >= 15 is 0 Å². The topological polar surface area (TPSA) is 81.4 Å². The first kappa shape index (κ1) is 14.0. The fraction of sp³-hybridized carbons (Fsp3) is 0.833. The minimum atomic E-state index is -0.442. The molecule has 1 amide bonds. The molecule has 0 unspecified atom stereocenters. The van der Waals surface area contributed by atoms with E-state index in [2.05, 4.69) is 5.43 Å². The Morgan fingerprint density at radius 2 is 1.59 bits per heavy atom. The number of hydrogen-bond acceptors (Lipinski definition) is 4. The summed E-state index contributed by atoms with van der Waals surface area (Å²) in [6, 6.07) is 0. The zero-order chi connectivity index (χ0) is 13.1. The maximum Gasteiger partial charge on any atom is 0.309 e. The van der Waals surface area contributed by atoms with Crippen LogP contribution in [-0.2, 0) is 14.3 Å². The lowest BCUT2D eigenvalue weighted by Crippen LogP contribution is -2.39. The Kier molecular flexibility index (Phi) is 4.51. The molecule has 1 saturated carbocycles. The van der Waals surface area contributed by atoms with Gasteiger partial charge in [-0.15, -0.1) is 0 Å². The van der Waals surface area contributed by atoms with E-state index in [0.29, 0.717) is 25.7 Å². The number of carbonyl (C=O) groups excluding carboxylic acids is 2. The van der Waals surface area contributed by atoms with Crippen LogP contribution in [0.2, 0.25) is 0 Å². The Labute approximate surface area is 102 Å². The fourth-order valence-electron chi connectivity index (χ4n) is 2.09. The molecular formula is C12H22N2O3. The minimum Gasteiger partial charge on any atom is -0.460 e. The van der Waals surface area contributed by atoms with Gasteiger partial charge in [0.2, 0.25) is 5.91 Å². The molecule has 0 aromatic rings. The van der Waals surface area contributed by atoms with E-state index in [1.165, 1.54) is 0 Å². The lowest BCUT2D eigenvalue weighted by atomic mass is 9.81. The number of nitrogens with two attached hydrogens (primary N) is 1. The lowest BCUT2D eigenvalue weighted by Gasteiger charge is -2.28. The molecule has 98 valence electrons. The highest BCUT2D eigenvalue weighted by Gasteiger charge is 2.32. The molecule has 0 aliphatic heterocycles. The average Bonchev–Trinajstić information content (AvgIpc) is 2.26. The molecule has 0 spiro atoms. The molecule has 0 saturated heterocycles. The largest absolute Gasteiger partial charge is 0.460 e. The predicted octanol–water partition coefficient (Wildman–Crippen LogP) is 1.12. The summed E-state index contributed by atoms with van der Waals surface area (Å²) in [6.07, 6.45) is 2.81. The first-order valence-corrected chi connectivity index (χ1v) is 6.07. The molecule has 0 atom stereocenters. The van der Waals surface area contributed by atoms with E-state index in [4.69, 9.17) is 10.6 Å². The lowest BCUT2D eigenvalue weighted by molar-refractivity contribution is -0.161. The molecule has 0 bridgehead atoms. The quantitative estimate of drug-likeness (QED) is 0.329. The molecule has 1 aliphatic rings. The van der Waals surface area contributed by atoms with Gasteiger partial charge >= 0.3 is 5.97 Å². The second-order valence-electron chi connectivity index (χ2n) is 5.59. The van der Waals surface area contributed by atoms with Gasteiger partial charge in [-0.05, 0) is 46.5 Å². The van der Waals surface area contributed by atoms with Gasteiger partial charge in [0, 0.05) is 5.92 Å². The van der Waals surface area contributed by atoms with Crippen molar-refractivity contribution in [3.8, 4) is 0 Å². The van der Waals surface area contributed by atoms with Crippen molar-refractivity contribution in [2.45, 2.75) is 52.1 Å². The van der Waals surface area contributed by atoms with Gasteiger partial charge in [-0.25, -0.2) is 5.84 Å². The molecule has 0 radical (unpaired) electrons. The number of rotatable bonds is 2. The SMILES string of the molecule is CC(C)(C)OC(=O)C1CCC(C(=O)NN)CC1. The molecule has 3 N–H and O–H groups in total. The molecule has 5 heteroatoms. The minimum absolute atomic E-state index is 0.0568. The van der Waals surface area contributed by atoms with Crippen LogP contribution in [0.25, 0.3) is 0 Å². The highest BCUT2D eigenvalue weighted by Crippen LogP contribution is 2.30. The summed E-state index contributed by atoms with van der Waals surface area (Å²) in [7, 11) is 0. The second-order valence-corrected chi connectivity index (χ2v) is 5.59. The number of esters is 1. The first-order valence-electron chi connectivity index (χ1n) is 6.07. The van der Waals surface area contributed by atoms with Crippen LogP contribution in [0.5, 0.6) is 0 Å². The van der Waals surface area contributed by atoms with E-state index in [1.807, 2.05) is 20.8 Å². The smallest absolute Gasteiger partial charge is 0.309 e.